The smallest absolute Gasteiger partial charge is 0.238 e. The number of nitrogens with zero attached hydrogens (tertiary/aromatic N) is 2. The summed E-state index contributed by atoms with van der Waals surface area (Å²) < 4.78 is 21.7. The summed E-state index contributed by atoms with van der Waals surface area (Å²) in [4.78, 5) is 8.21. The van der Waals surface area contributed by atoms with Crippen molar-refractivity contribution in [2.45, 2.75) is 5.75 Å². The molecule has 0 spiro atoms. The third kappa shape index (κ3) is 2.64. The molecule has 6 heteroatoms. The van der Waals surface area contributed by atoms with Crippen LogP contribution in [0.1, 0.15) is 5.69 Å². The first kappa shape index (κ1) is 10.3. The molecule has 0 aliphatic rings. The second kappa shape index (κ2) is 3.75. The monoisotopic (exact) mass is 242 g/mol. The summed E-state index contributed by atoms with van der Waals surface area (Å²) in [7, 11) is 1.55. The SMILES string of the molecule is O=S(=O)(Cl)Cc1cnc2ccccc2n1. The molecule has 0 atom stereocenters. The van der Waals surface area contributed by atoms with E-state index < -0.39 is 9.05 Å². The fourth-order valence-corrected chi connectivity index (χ4v) is 2.07. The van der Waals surface area contributed by atoms with Crippen molar-refractivity contribution in [1.82, 2.24) is 9.97 Å². The summed E-state index contributed by atoms with van der Waals surface area (Å²) in [6.45, 7) is 0. The molecule has 0 aliphatic carbocycles. The van der Waals surface area contributed by atoms with Gasteiger partial charge in [0.15, 0.2) is 0 Å². The van der Waals surface area contributed by atoms with Crippen molar-refractivity contribution in [1.29, 1.82) is 0 Å². The van der Waals surface area contributed by atoms with Crippen LogP contribution >= 0.6 is 10.7 Å². The average Bonchev–Trinajstić information content (AvgIpc) is 2.15. The molecule has 2 rings (SSSR count). The Kier molecular flexibility index (Phi) is 2.58. The Morgan fingerprint density at radius 1 is 1.20 bits per heavy atom. The third-order valence-electron chi connectivity index (χ3n) is 1.82. The van der Waals surface area contributed by atoms with Gasteiger partial charge < -0.3 is 0 Å². The van der Waals surface area contributed by atoms with Crippen LogP contribution in [0.15, 0.2) is 30.5 Å². The highest BCUT2D eigenvalue weighted by Crippen LogP contribution is 2.11. The Balaban J connectivity index is 2.48. The van der Waals surface area contributed by atoms with E-state index in [1.54, 1.807) is 12.1 Å². The van der Waals surface area contributed by atoms with Crippen LogP contribution in [-0.2, 0) is 14.8 Å². The minimum atomic E-state index is -3.58. The van der Waals surface area contributed by atoms with Gasteiger partial charge in [-0.2, -0.15) is 0 Å². The number of halogens is 1. The maximum Gasteiger partial charge on any atom is 0.238 e. The molecule has 0 bridgehead atoms. The first-order valence-electron chi connectivity index (χ1n) is 4.17. The molecule has 78 valence electrons. The van der Waals surface area contributed by atoms with Crippen molar-refractivity contribution in [2.24, 2.45) is 0 Å². The minimum Gasteiger partial charge on any atom is -0.253 e. The van der Waals surface area contributed by atoms with Crippen LogP contribution in [0.2, 0.25) is 0 Å². The lowest BCUT2D eigenvalue weighted by Gasteiger charge is -1.99. The molecular formula is C9H7ClN2O2S. The number of aromatic nitrogens is 2. The van der Waals surface area contributed by atoms with Crippen LogP contribution in [0.3, 0.4) is 0 Å². The minimum absolute atomic E-state index is 0.299. The molecule has 0 N–H and O–H groups in total. The van der Waals surface area contributed by atoms with Gasteiger partial charge in [-0.25, -0.2) is 13.4 Å². The number of benzene rings is 1. The molecule has 0 saturated carbocycles. The van der Waals surface area contributed by atoms with Gasteiger partial charge >= 0.3 is 0 Å². The summed E-state index contributed by atoms with van der Waals surface area (Å²) in [5.41, 5.74) is 1.74. The molecule has 0 fully saturated rings. The topological polar surface area (TPSA) is 59.9 Å². The lowest BCUT2D eigenvalue weighted by Crippen LogP contribution is -1.99. The Morgan fingerprint density at radius 3 is 2.53 bits per heavy atom. The van der Waals surface area contributed by atoms with Crippen molar-refractivity contribution in [3.8, 4) is 0 Å². The molecule has 0 saturated heterocycles. The van der Waals surface area contributed by atoms with Gasteiger partial charge in [-0.3, -0.25) is 4.98 Å². The van der Waals surface area contributed by atoms with E-state index in [9.17, 15) is 8.42 Å². The maximum absolute atomic E-state index is 10.8. The summed E-state index contributed by atoms with van der Waals surface area (Å²) in [6, 6.07) is 7.24. The molecule has 1 heterocycles. The molecule has 0 aliphatic heterocycles. The Hall–Kier alpha value is -1.20. The van der Waals surface area contributed by atoms with Gasteiger partial charge in [0.1, 0.15) is 5.75 Å². The lowest BCUT2D eigenvalue weighted by atomic mass is 10.3. The summed E-state index contributed by atoms with van der Waals surface area (Å²) >= 11 is 0. The Morgan fingerprint density at radius 2 is 1.87 bits per heavy atom. The first-order chi connectivity index (χ1) is 7.04. The zero-order chi connectivity index (χ0) is 10.9. The van der Waals surface area contributed by atoms with E-state index in [0.717, 1.165) is 5.52 Å². The fourth-order valence-electron chi connectivity index (χ4n) is 1.24. The van der Waals surface area contributed by atoms with Gasteiger partial charge in [0.2, 0.25) is 9.05 Å². The van der Waals surface area contributed by atoms with E-state index in [1.807, 2.05) is 12.1 Å². The van der Waals surface area contributed by atoms with Crippen LogP contribution in [-0.4, -0.2) is 18.4 Å². The van der Waals surface area contributed by atoms with Crippen LogP contribution in [0.4, 0.5) is 0 Å². The highest BCUT2D eigenvalue weighted by atomic mass is 35.7. The number of hydrogen-bond donors (Lipinski definition) is 0. The Bertz CT molecular complexity index is 598. The average molecular weight is 243 g/mol. The number of hydrogen-bond acceptors (Lipinski definition) is 4. The van der Waals surface area contributed by atoms with Gasteiger partial charge in [-0.05, 0) is 12.1 Å². The van der Waals surface area contributed by atoms with Crippen LogP contribution < -0.4 is 0 Å². The summed E-state index contributed by atoms with van der Waals surface area (Å²) in [5.74, 6) is -0.299. The quantitative estimate of drug-likeness (QED) is 0.752. The standard InChI is InChI=1S/C9H7ClN2O2S/c10-15(13,14)6-7-5-11-8-3-1-2-4-9(8)12-7/h1-5H,6H2. The molecule has 1 aromatic heterocycles. The second-order valence-corrected chi connectivity index (χ2v) is 5.81. The van der Waals surface area contributed by atoms with E-state index >= 15 is 0 Å². The highest BCUT2D eigenvalue weighted by molar-refractivity contribution is 8.13. The van der Waals surface area contributed by atoms with Crippen molar-refractivity contribution < 1.29 is 8.42 Å². The van der Waals surface area contributed by atoms with Crippen LogP contribution in [0, 0.1) is 0 Å². The normalized spacial score (nSPS) is 11.8. The van der Waals surface area contributed by atoms with Crippen molar-refractivity contribution in [3.63, 3.8) is 0 Å². The summed E-state index contributed by atoms with van der Waals surface area (Å²) in [6.07, 6.45) is 1.42. The van der Waals surface area contributed by atoms with Crippen LogP contribution in [0.25, 0.3) is 11.0 Å². The van der Waals surface area contributed by atoms with Crippen molar-refractivity contribution in [2.75, 3.05) is 0 Å². The van der Waals surface area contributed by atoms with E-state index in [4.69, 9.17) is 10.7 Å². The molecule has 1 aromatic carbocycles. The molecule has 0 radical (unpaired) electrons. The molecule has 0 amide bonds. The van der Waals surface area contributed by atoms with E-state index in [-0.39, 0.29) is 5.75 Å². The van der Waals surface area contributed by atoms with E-state index in [1.165, 1.54) is 6.20 Å². The fraction of sp³-hybridized carbons (Fsp3) is 0.111. The van der Waals surface area contributed by atoms with Crippen LogP contribution in [0.5, 0.6) is 0 Å². The van der Waals surface area contributed by atoms with Crippen molar-refractivity contribution in [3.05, 3.63) is 36.2 Å². The van der Waals surface area contributed by atoms with Crippen molar-refractivity contribution >= 4 is 30.8 Å². The zero-order valence-electron chi connectivity index (χ0n) is 7.59. The lowest BCUT2D eigenvalue weighted by molar-refractivity contribution is 0.608. The maximum atomic E-state index is 10.8. The molecule has 4 nitrogen and oxygen atoms in total. The largest absolute Gasteiger partial charge is 0.253 e. The first-order valence-corrected chi connectivity index (χ1v) is 6.65. The predicted octanol–water partition coefficient (Wildman–Crippen LogP) is 1.70. The van der Waals surface area contributed by atoms with Gasteiger partial charge in [0, 0.05) is 10.7 Å². The van der Waals surface area contributed by atoms with Gasteiger partial charge in [-0.15, -0.1) is 0 Å². The molecule has 2 aromatic rings. The predicted molar refractivity (Wildman–Crippen MR) is 58.0 cm³/mol. The molecule has 15 heavy (non-hydrogen) atoms. The van der Waals surface area contributed by atoms with E-state index in [0.29, 0.717) is 11.2 Å². The van der Waals surface area contributed by atoms with Gasteiger partial charge in [0.05, 0.1) is 22.9 Å². The molecular weight excluding hydrogens is 236 g/mol. The Labute approximate surface area is 91.3 Å². The van der Waals surface area contributed by atoms with Gasteiger partial charge in [0.25, 0.3) is 0 Å². The zero-order valence-corrected chi connectivity index (χ0v) is 9.16. The summed E-state index contributed by atoms with van der Waals surface area (Å²) in [5, 5.41) is 0. The van der Waals surface area contributed by atoms with Gasteiger partial charge in [-0.1, -0.05) is 12.1 Å². The molecule has 0 unspecified atom stereocenters. The highest BCUT2D eigenvalue weighted by Gasteiger charge is 2.09. The van der Waals surface area contributed by atoms with E-state index in [2.05, 4.69) is 9.97 Å². The number of rotatable bonds is 2. The number of fused-ring (bicyclic) bond motifs is 1. The number of para-hydroxylation sites is 2. The third-order valence-corrected chi connectivity index (χ3v) is 2.79. The second-order valence-electron chi connectivity index (χ2n) is 3.03.